The molecule has 0 radical (unpaired) electrons. The van der Waals surface area contributed by atoms with Gasteiger partial charge in [0.2, 0.25) is 7.71 Å². The van der Waals surface area contributed by atoms with Gasteiger partial charge in [-0.1, -0.05) is 0 Å². The van der Waals surface area contributed by atoms with Crippen LogP contribution in [0.25, 0.3) is 0 Å². The van der Waals surface area contributed by atoms with E-state index in [2.05, 4.69) is 61.6 Å². The van der Waals surface area contributed by atoms with Crippen molar-refractivity contribution >= 4 is 15.0 Å². The van der Waals surface area contributed by atoms with Crippen LogP contribution in [0.1, 0.15) is 19.3 Å². The standard InChI is InChI=1S/C14H32N4O2P.BF4/c1-16(2)21(17(3)4,18(5)6)11-9-7-8-10-12(11)14(20)15-13(10)19;2-1(3,4)5/h10-15,19-20H,7-9H2,1-6H3;/q+1;-1. The second-order valence-corrected chi connectivity index (χ2v) is 11.7. The fourth-order valence-electron chi connectivity index (χ4n) is 4.82. The molecule has 0 aromatic carbocycles. The van der Waals surface area contributed by atoms with E-state index in [1.807, 2.05) is 0 Å². The molecule has 6 nitrogen and oxygen atoms in total. The quantitative estimate of drug-likeness (QED) is 0.376. The van der Waals surface area contributed by atoms with E-state index in [-0.39, 0.29) is 11.8 Å². The van der Waals surface area contributed by atoms with Crippen LogP contribution in [0.3, 0.4) is 0 Å². The Labute approximate surface area is 154 Å². The zero-order valence-electron chi connectivity index (χ0n) is 16.3. The number of rotatable bonds is 4. The fourth-order valence-corrected chi connectivity index (χ4v) is 10.1. The Kier molecular flexibility index (Phi) is 8.30. The van der Waals surface area contributed by atoms with Crippen molar-refractivity contribution in [3.63, 3.8) is 0 Å². The van der Waals surface area contributed by atoms with Crippen molar-refractivity contribution in [1.82, 2.24) is 19.3 Å². The Bertz CT molecular complexity index is 431. The summed E-state index contributed by atoms with van der Waals surface area (Å²) < 4.78 is 46.0. The predicted octanol–water partition coefficient (Wildman–Crippen LogP) is 1.76. The summed E-state index contributed by atoms with van der Waals surface area (Å²) in [5, 5.41) is 23.6. The molecular formula is C14H32BF4N4O2P. The number of halogens is 4. The summed E-state index contributed by atoms with van der Waals surface area (Å²) in [6.45, 7) is 0. The fraction of sp³-hybridized carbons (Fsp3) is 1.00. The number of aliphatic hydroxyl groups is 2. The SMILES string of the molecule is CN(C)[P+](C1CCCC2C(O)NC(O)C21)(N(C)C)N(C)C.F[B-](F)(F)F. The molecule has 1 aliphatic heterocycles. The van der Waals surface area contributed by atoms with Gasteiger partial charge in [-0.05, 0) is 19.3 Å². The zero-order valence-corrected chi connectivity index (χ0v) is 17.2. The Hall–Kier alpha value is -0.0251. The molecule has 0 amide bonds. The van der Waals surface area contributed by atoms with Crippen LogP contribution in [0.5, 0.6) is 0 Å². The number of nitrogens with one attached hydrogen (secondary N) is 1. The minimum absolute atomic E-state index is 0.120. The first-order valence-electron chi connectivity index (χ1n) is 8.66. The smallest absolute Gasteiger partial charge is 0.418 e. The molecular weight excluding hydrogens is 374 g/mol. The van der Waals surface area contributed by atoms with Crippen LogP contribution < -0.4 is 5.32 Å². The molecule has 156 valence electrons. The van der Waals surface area contributed by atoms with Crippen molar-refractivity contribution in [2.45, 2.75) is 37.4 Å². The molecule has 0 spiro atoms. The van der Waals surface area contributed by atoms with Gasteiger partial charge < -0.3 is 27.5 Å². The molecule has 1 saturated carbocycles. The maximum atomic E-state index is 10.5. The molecule has 0 bridgehead atoms. The van der Waals surface area contributed by atoms with Crippen LogP contribution in [-0.2, 0) is 0 Å². The second-order valence-electron chi connectivity index (χ2n) is 7.45. The molecule has 12 heteroatoms. The Morgan fingerprint density at radius 3 is 1.65 bits per heavy atom. The molecule has 26 heavy (non-hydrogen) atoms. The van der Waals surface area contributed by atoms with Gasteiger partial charge in [-0.3, -0.25) is 5.32 Å². The van der Waals surface area contributed by atoms with Gasteiger partial charge >= 0.3 is 7.25 Å². The van der Waals surface area contributed by atoms with E-state index in [9.17, 15) is 27.5 Å². The lowest BCUT2D eigenvalue weighted by Gasteiger charge is -2.49. The van der Waals surface area contributed by atoms with E-state index >= 15 is 0 Å². The van der Waals surface area contributed by atoms with E-state index in [0.717, 1.165) is 19.3 Å². The third-order valence-electron chi connectivity index (χ3n) is 5.30. The summed E-state index contributed by atoms with van der Waals surface area (Å²) in [5.41, 5.74) is 0.371. The van der Waals surface area contributed by atoms with Gasteiger partial charge in [0.15, 0.2) is 0 Å². The highest BCUT2D eigenvalue weighted by molar-refractivity contribution is 7.69. The Morgan fingerprint density at radius 1 is 0.846 bits per heavy atom. The third-order valence-corrected chi connectivity index (χ3v) is 10.3. The summed E-state index contributed by atoms with van der Waals surface area (Å²) in [4.78, 5) is 0. The molecule has 5 atom stereocenters. The van der Waals surface area contributed by atoms with Crippen molar-refractivity contribution in [3.8, 4) is 0 Å². The maximum absolute atomic E-state index is 10.5. The van der Waals surface area contributed by atoms with Crippen LogP contribution in [0, 0.1) is 11.8 Å². The van der Waals surface area contributed by atoms with Crippen molar-refractivity contribution in [1.29, 1.82) is 0 Å². The number of hydrogen-bond donors (Lipinski definition) is 3. The van der Waals surface area contributed by atoms with Gasteiger partial charge in [0.25, 0.3) is 0 Å². The lowest BCUT2D eigenvalue weighted by molar-refractivity contribution is 0.0811. The van der Waals surface area contributed by atoms with Crippen LogP contribution in [0.4, 0.5) is 17.3 Å². The van der Waals surface area contributed by atoms with Crippen LogP contribution in [0.2, 0.25) is 0 Å². The van der Waals surface area contributed by atoms with Crippen molar-refractivity contribution in [2.24, 2.45) is 11.8 Å². The Morgan fingerprint density at radius 2 is 1.27 bits per heavy atom. The third kappa shape index (κ3) is 5.07. The summed E-state index contributed by atoms with van der Waals surface area (Å²) >= 11 is 0. The van der Waals surface area contributed by atoms with Crippen molar-refractivity contribution in [2.75, 3.05) is 42.3 Å². The summed E-state index contributed by atoms with van der Waals surface area (Å²) in [5.74, 6) is 0.284. The lowest BCUT2D eigenvalue weighted by atomic mass is 9.80. The number of nitrogens with zero attached hydrogens (tertiary/aromatic N) is 3. The molecule has 5 unspecified atom stereocenters. The summed E-state index contributed by atoms with van der Waals surface area (Å²) in [7, 11) is 5.12. The monoisotopic (exact) mass is 406 g/mol. The van der Waals surface area contributed by atoms with Crippen LogP contribution in [-0.4, -0.2) is 91.9 Å². The summed E-state index contributed by atoms with van der Waals surface area (Å²) in [6, 6.07) is 0. The maximum Gasteiger partial charge on any atom is 0.673 e. The average molecular weight is 406 g/mol. The molecule has 3 N–H and O–H groups in total. The number of hydrogen-bond acceptors (Lipinski definition) is 6. The predicted molar refractivity (Wildman–Crippen MR) is 97.9 cm³/mol. The van der Waals surface area contributed by atoms with E-state index < -0.39 is 27.4 Å². The summed E-state index contributed by atoms with van der Waals surface area (Å²) in [6.07, 6.45) is 2.06. The number of aliphatic hydroxyl groups excluding tert-OH is 2. The molecule has 0 aromatic heterocycles. The highest BCUT2D eigenvalue weighted by atomic mass is 31.2. The van der Waals surface area contributed by atoms with E-state index in [1.165, 1.54) is 0 Å². The van der Waals surface area contributed by atoms with Gasteiger partial charge in [-0.15, -0.1) is 0 Å². The normalized spacial score (nSPS) is 32.7. The lowest BCUT2D eigenvalue weighted by Crippen LogP contribution is -2.50. The first-order valence-corrected chi connectivity index (χ1v) is 10.4. The first-order chi connectivity index (χ1) is 11.7. The molecule has 1 heterocycles. The molecule has 1 saturated heterocycles. The molecule has 0 aromatic rings. The van der Waals surface area contributed by atoms with Gasteiger partial charge in [0, 0.05) is 54.1 Å². The minimum atomic E-state index is -6.00. The topological polar surface area (TPSA) is 62.2 Å². The van der Waals surface area contributed by atoms with Crippen LogP contribution >= 0.6 is 7.71 Å². The van der Waals surface area contributed by atoms with Gasteiger partial charge in [0.1, 0.15) is 18.1 Å². The molecule has 2 rings (SSSR count). The number of fused-ring (bicyclic) bond motifs is 1. The molecule has 2 aliphatic rings. The first kappa shape index (κ1) is 24.0. The van der Waals surface area contributed by atoms with E-state index in [1.54, 1.807) is 0 Å². The van der Waals surface area contributed by atoms with E-state index in [4.69, 9.17) is 0 Å². The van der Waals surface area contributed by atoms with Crippen molar-refractivity contribution in [3.05, 3.63) is 0 Å². The highest BCUT2D eigenvalue weighted by Crippen LogP contribution is 2.72. The van der Waals surface area contributed by atoms with Gasteiger partial charge in [0.05, 0.1) is 0 Å². The van der Waals surface area contributed by atoms with E-state index in [0.29, 0.717) is 5.66 Å². The van der Waals surface area contributed by atoms with Crippen molar-refractivity contribution < 1.29 is 27.5 Å². The molecule has 1 aliphatic carbocycles. The molecule has 2 fully saturated rings. The van der Waals surface area contributed by atoms with Gasteiger partial charge in [-0.25, -0.2) is 0 Å². The second kappa shape index (κ2) is 8.98. The zero-order chi connectivity index (χ0) is 20.4. The van der Waals surface area contributed by atoms with Crippen LogP contribution in [0.15, 0.2) is 0 Å². The minimum Gasteiger partial charge on any atom is -0.418 e. The Balaban J connectivity index is 0.000000597. The highest BCUT2D eigenvalue weighted by Gasteiger charge is 2.63. The largest absolute Gasteiger partial charge is 0.673 e. The average Bonchev–Trinajstić information content (AvgIpc) is 2.72. The van der Waals surface area contributed by atoms with Gasteiger partial charge in [-0.2, -0.15) is 14.0 Å².